The molecule has 0 saturated carbocycles. The minimum Gasteiger partial charge on any atom is -0.355 e. The molecule has 1 fully saturated rings. The van der Waals surface area contributed by atoms with Gasteiger partial charge in [-0.1, -0.05) is 5.92 Å². The molecule has 4 nitrogen and oxygen atoms in total. The molecular formula is C9H12N2O2. The summed E-state index contributed by atoms with van der Waals surface area (Å²) < 4.78 is 0. The molecule has 13 heavy (non-hydrogen) atoms. The summed E-state index contributed by atoms with van der Waals surface area (Å²) in [7, 11) is 0. The Morgan fingerprint density at radius 3 is 3.08 bits per heavy atom. The fraction of sp³-hybridized carbons (Fsp3) is 0.556. The molecule has 0 radical (unpaired) electrons. The minimum atomic E-state index is -0.119. The van der Waals surface area contributed by atoms with Crippen molar-refractivity contribution in [2.24, 2.45) is 5.92 Å². The van der Waals surface area contributed by atoms with Crippen molar-refractivity contribution in [3.05, 3.63) is 0 Å². The van der Waals surface area contributed by atoms with Gasteiger partial charge in [-0.05, 0) is 6.42 Å². The molecule has 70 valence electrons. The number of hydrogen-bond donors (Lipinski definition) is 2. The second-order valence-electron chi connectivity index (χ2n) is 2.96. The molecule has 0 aromatic rings. The zero-order chi connectivity index (χ0) is 9.68. The first-order valence-electron chi connectivity index (χ1n) is 4.22. The van der Waals surface area contributed by atoms with E-state index < -0.39 is 0 Å². The van der Waals surface area contributed by atoms with Crippen LogP contribution in [0.5, 0.6) is 0 Å². The number of carbonyl (C=O) groups is 2. The van der Waals surface area contributed by atoms with Crippen LogP contribution >= 0.6 is 0 Å². The maximum atomic E-state index is 11.3. The van der Waals surface area contributed by atoms with Gasteiger partial charge in [0.2, 0.25) is 11.8 Å². The lowest BCUT2D eigenvalue weighted by molar-refractivity contribution is -0.128. The van der Waals surface area contributed by atoms with Crippen LogP contribution in [0.25, 0.3) is 0 Å². The van der Waals surface area contributed by atoms with Gasteiger partial charge in [0, 0.05) is 13.0 Å². The number of nitrogens with one attached hydrogen (secondary N) is 2. The van der Waals surface area contributed by atoms with E-state index in [1.165, 1.54) is 0 Å². The Hall–Kier alpha value is -1.50. The maximum absolute atomic E-state index is 11.3. The van der Waals surface area contributed by atoms with Gasteiger partial charge in [0.1, 0.15) is 0 Å². The topological polar surface area (TPSA) is 58.2 Å². The van der Waals surface area contributed by atoms with Gasteiger partial charge in [0.25, 0.3) is 0 Å². The molecule has 0 aliphatic carbocycles. The summed E-state index contributed by atoms with van der Waals surface area (Å²) in [4.78, 5) is 22.1. The van der Waals surface area contributed by atoms with E-state index in [1.807, 2.05) is 0 Å². The van der Waals surface area contributed by atoms with Crippen LogP contribution < -0.4 is 10.6 Å². The van der Waals surface area contributed by atoms with Crippen molar-refractivity contribution in [3.8, 4) is 12.3 Å². The highest BCUT2D eigenvalue weighted by atomic mass is 16.2. The SMILES string of the molecule is C#CCNC(=O)C1CCC(=O)NC1. The predicted molar refractivity (Wildman–Crippen MR) is 47.6 cm³/mol. The standard InChI is InChI=1S/C9H12N2O2/c1-2-5-10-9(13)7-3-4-8(12)11-6-7/h1,7H,3-6H2,(H,10,13)(H,11,12). The lowest BCUT2D eigenvalue weighted by Crippen LogP contribution is -2.43. The van der Waals surface area contributed by atoms with E-state index in [1.54, 1.807) is 0 Å². The molecule has 1 heterocycles. The molecular weight excluding hydrogens is 168 g/mol. The van der Waals surface area contributed by atoms with Crippen LogP contribution in [-0.4, -0.2) is 24.9 Å². The minimum absolute atomic E-state index is 0.0148. The van der Waals surface area contributed by atoms with Crippen molar-refractivity contribution in [1.82, 2.24) is 10.6 Å². The number of rotatable bonds is 2. The smallest absolute Gasteiger partial charge is 0.225 e. The van der Waals surface area contributed by atoms with Gasteiger partial charge in [-0.2, -0.15) is 0 Å². The third-order valence-electron chi connectivity index (χ3n) is 2.00. The Kier molecular flexibility index (Phi) is 3.32. The predicted octanol–water partition coefficient (Wildman–Crippen LogP) is -0.738. The van der Waals surface area contributed by atoms with Crippen LogP contribution in [0.15, 0.2) is 0 Å². The summed E-state index contributed by atoms with van der Waals surface area (Å²) in [6, 6.07) is 0. The van der Waals surface area contributed by atoms with Crippen LogP contribution in [0.4, 0.5) is 0 Å². The van der Waals surface area contributed by atoms with E-state index in [-0.39, 0.29) is 24.3 Å². The molecule has 2 amide bonds. The zero-order valence-corrected chi connectivity index (χ0v) is 7.30. The first-order chi connectivity index (χ1) is 6.24. The second-order valence-corrected chi connectivity index (χ2v) is 2.96. The Morgan fingerprint density at radius 1 is 1.77 bits per heavy atom. The van der Waals surface area contributed by atoms with Gasteiger partial charge >= 0.3 is 0 Å². The molecule has 0 spiro atoms. The van der Waals surface area contributed by atoms with Crippen molar-refractivity contribution in [2.75, 3.05) is 13.1 Å². The molecule has 2 N–H and O–H groups in total. The molecule has 0 aromatic heterocycles. The first kappa shape index (κ1) is 9.59. The summed E-state index contributed by atoms with van der Waals surface area (Å²) in [6.45, 7) is 0.679. The molecule has 1 saturated heterocycles. The second kappa shape index (κ2) is 4.51. The molecule has 1 aliphatic heterocycles. The molecule has 1 aliphatic rings. The molecule has 1 rings (SSSR count). The van der Waals surface area contributed by atoms with Crippen molar-refractivity contribution < 1.29 is 9.59 Å². The Labute approximate surface area is 77.1 Å². The van der Waals surface area contributed by atoms with E-state index in [2.05, 4.69) is 16.6 Å². The molecule has 0 bridgehead atoms. The molecule has 1 atom stereocenters. The number of piperidine rings is 1. The fourth-order valence-electron chi connectivity index (χ4n) is 1.24. The van der Waals surface area contributed by atoms with Gasteiger partial charge in [-0.15, -0.1) is 6.42 Å². The van der Waals surface area contributed by atoms with Gasteiger partial charge in [0.15, 0.2) is 0 Å². The van der Waals surface area contributed by atoms with E-state index in [0.717, 1.165) is 0 Å². The van der Waals surface area contributed by atoms with Crippen molar-refractivity contribution in [3.63, 3.8) is 0 Å². The van der Waals surface area contributed by atoms with Crippen LogP contribution in [-0.2, 0) is 9.59 Å². The van der Waals surface area contributed by atoms with Gasteiger partial charge in [-0.25, -0.2) is 0 Å². The normalized spacial score (nSPS) is 21.5. The number of hydrogen-bond acceptors (Lipinski definition) is 2. The molecule has 4 heteroatoms. The average Bonchev–Trinajstić information content (AvgIpc) is 2.15. The highest BCUT2D eigenvalue weighted by molar-refractivity contribution is 5.83. The van der Waals surface area contributed by atoms with Crippen molar-refractivity contribution in [1.29, 1.82) is 0 Å². The third-order valence-corrected chi connectivity index (χ3v) is 2.00. The summed E-state index contributed by atoms with van der Waals surface area (Å²) in [5, 5.41) is 5.23. The largest absolute Gasteiger partial charge is 0.355 e. The number of amides is 2. The van der Waals surface area contributed by atoms with Crippen LogP contribution in [0.2, 0.25) is 0 Å². The first-order valence-corrected chi connectivity index (χ1v) is 4.22. The summed E-state index contributed by atoms with van der Waals surface area (Å²) in [5.74, 6) is 2.15. The molecule has 1 unspecified atom stereocenters. The van der Waals surface area contributed by atoms with Crippen LogP contribution in [0.3, 0.4) is 0 Å². The monoisotopic (exact) mass is 180 g/mol. The summed E-state index contributed by atoms with van der Waals surface area (Å²) >= 11 is 0. The van der Waals surface area contributed by atoms with Gasteiger partial charge < -0.3 is 10.6 Å². The van der Waals surface area contributed by atoms with Crippen molar-refractivity contribution in [2.45, 2.75) is 12.8 Å². The van der Waals surface area contributed by atoms with E-state index in [4.69, 9.17) is 6.42 Å². The van der Waals surface area contributed by atoms with Crippen LogP contribution in [0.1, 0.15) is 12.8 Å². The average molecular weight is 180 g/mol. The lowest BCUT2D eigenvalue weighted by Gasteiger charge is -2.20. The zero-order valence-electron chi connectivity index (χ0n) is 7.30. The highest BCUT2D eigenvalue weighted by Gasteiger charge is 2.23. The van der Waals surface area contributed by atoms with Crippen LogP contribution in [0, 0.1) is 18.3 Å². The number of terminal acetylenes is 1. The van der Waals surface area contributed by atoms with E-state index in [0.29, 0.717) is 19.4 Å². The fourth-order valence-corrected chi connectivity index (χ4v) is 1.24. The lowest BCUT2D eigenvalue weighted by atomic mass is 9.98. The quantitative estimate of drug-likeness (QED) is 0.550. The summed E-state index contributed by atoms with van der Waals surface area (Å²) in [6.07, 6.45) is 6.03. The Bertz CT molecular complexity index is 245. The Balaban J connectivity index is 2.32. The van der Waals surface area contributed by atoms with E-state index >= 15 is 0 Å². The maximum Gasteiger partial charge on any atom is 0.225 e. The van der Waals surface area contributed by atoms with E-state index in [9.17, 15) is 9.59 Å². The number of carbonyl (C=O) groups excluding carboxylic acids is 2. The van der Waals surface area contributed by atoms with Gasteiger partial charge in [-0.3, -0.25) is 9.59 Å². The molecule has 0 aromatic carbocycles. The summed E-state index contributed by atoms with van der Waals surface area (Å²) in [5.41, 5.74) is 0. The third kappa shape index (κ3) is 2.79. The highest BCUT2D eigenvalue weighted by Crippen LogP contribution is 2.10. The van der Waals surface area contributed by atoms with Crippen molar-refractivity contribution >= 4 is 11.8 Å². The Morgan fingerprint density at radius 2 is 2.54 bits per heavy atom. The van der Waals surface area contributed by atoms with Gasteiger partial charge in [0.05, 0.1) is 12.5 Å².